The summed E-state index contributed by atoms with van der Waals surface area (Å²) >= 11 is 0. The molecule has 7 heteroatoms. The standard InChI is InChI=1S/C18H26N4O3/c1-13(2)21-7-3-4-15(21)14-10-19-11-16(20-14)22-12-18(25-17(22)23)5-8-24-9-6-18/h10-11,13,15H,3-9,12H2,1-2H3. The van der Waals surface area contributed by atoms with Crippen LogP contribution in [0.3, 0.4) is 0 Å². The first kappa shape index (κ1) is 16.7. The summed E-state index contributed by atoms with van der Waals surface area (Å²) in [5.74, 6) is 0.599. The first-order valence-corrected chi connectivity index (χ1v) is 9.24. The van der Waals surface area contributed by atoms with Gasteiger partial charge in [-0.2, -0.15) is 0 Å². The highest BCUT2D eigenvalue weighted by Gasteiger charge is 2.47. The van der Waals surface area contributed by atoms with Crippen molar-refractivity contribution in [2.75, 3.05) is 31.2 Å². The maximum Gasteiger partial charge on any atom is 0.416 e. The summed E-state index contributed by atoms with van der Waals surface area (Å²) in [6, 6.07) is 0.753. The number of nitrogens with zero attached hydrogens (tertiary/aromatic N) is 4. The van der Waals surface area contributed by atoms with Gasteiger partial charge in [-0.05, 0) is 33.2 Å². The number of likely N-dealkylation sites (tertiary alicyclic amines) is 1. The van der Waals surface area contributed by atoms with Gasteiger partial charge in [0.25, 0.3) is 0 Å². The molecule has 0 saturated carbocycles. The Morgan fingerprint density at radius 1 is 1.28 bits per heavy atom. The van der Waals surface area contributed by atoms with Crippen molar-refractivity contribution >= 4 is 11.9 Å². The predicted octanol–water partition coefficient (Wildman–Crippen LogP) is 2.53. The Kier molecular flexibility index (Phi) is 4.37. The number of hydrogen-bond acceptors (Lipinski definition) is 6. The normalized spacial score (nSPS) is 26.6. The number of ether oxygens (including phenoxy) is 2. The fourth-order valence-electron chi connectivity index (χ4n) is 4.19. The number of aromatic nitrogens is 2. The topological polar surface area (TPSA) is 67.8 Å². The molecule has 3 saturated heterocycles. The predicted molar refractivity (Wildman–Crippen MR) is 92.5 cm³/mol. The molecule has 0 aromatic carbocycles. The Hall–Kier alpha value is -1.73. The molecule has 0 radical (unpaired) electrons. The molecule has 0 aliphatic carbocycles. The van der Waals surface area contributed by atoms with E-state index >= 15 is 0 Å². The maximum absolute atomic E-state index is 12.4. The number of carbonyl (C=O) groups excluding carboxylic acids is 1. The Bertz CT molecular complexity index is 645. The first-order valence-electron chi connectivity index (χ1n) is 9.24. The van der Waals surface area contributed by atoms with Crippen LogP contribution in [0.4, 0.5) is 10.6 Å². The summed E-state index contributed by atoms with van der Waals surface area (Å²) < 4.78 is 11.1. The van der Waals surface area contributed by atoms with Crippen LogP contribution in [0.1, 0.15) is 51.3 Å². The van der Waals surface area contributed by atoms with Crippen molar-refractivity contribution in [3.8, 4) is 0 Å². The van der Waals surface area contributed by atoms with E-state index < -0.39 is 5.60 Å². The molecule has 1 aromatic rings. The van der Waals surface area contributed by atoms with E-state index in [0.29, 0.717) is 31.6 Å². The second-order valence-corrected chi connectivity index (χ2v) is 7.54. The zero-order valence-electron chi connectivity index (χ0n) is 15.0. The van der Waals surface area contributed by atoms with Crippen LogP contribution in [0.25, 0.3) is 0 Å². The molecule has 4 rings (SSSR count). The minimum Gasteiger partial charge on any atom is -0.440 e. The van der Waals surface area contributed by atoms with E-state index in [1.165, 1.54) is 6.42 Å². The molecule has 25 heavy (non-hydrogen) atoms. The molecule has 1 unspecified atom stereocenters. The van der Waals surface area contributed by atoms with Gasteiger partial charge in [0.05, 0.1) is 43.9 Å². The third kappa shape index (κ3) is 3.11. The SMILES string of the molecule is CC(C)N1CCCC1c1cncc(N2CC3(CCOCC3)OC2=O)n1. The molecule has 3 aliphatic heterocycles. The zero-order valence-corrected chi connectivity index (χ0v) is 15.0. The van der Waals surface area contributed by atoms with Crippen molar-refractivity contribution in [1.29, 1.82) is 0 Å². The third-order valence-electron chi connectivity index (χ3n) is 5.59. The molecule has 0 bridgehead atoms. The van der Waals surface area contributed by atoms with Crippen LogP contribution in [0.2, 0.25) is 0 Å². The third-order valence-corrected chi connectivity index (χ3v) is 5.59. The fourth-order valence-corrected chi connectivity index (χ4v) is 4.19. The van der Waals surface area contributed by atoms with Crippen molar-refractivity contribution in [2.24, 2.45) is 0 Å². The second kappa shape index (κ2) is 6.53. The van der Waals surface area contributed by atoms with Gasteiger partial charge in [0, 0.05) is 18.9 Å². The van der Waals surface area contributed by atoms with E-state index in [2.05, 4.69) is 23.7 Å². The Labute approximate surface area is 148 Å². The van der Waals surface area contributed by atoms with Crippen LogP contribution in [0, 0.1) is 0 Å². The Balaban J connectivity index is 1.56. The highest BCUT2D eigenvalue weighted by atomic mass is 16.6. The van der Waals surface area contributed by atoms with Gasteiger partial charge in [-0.25, -0.2) is 9.78 Å². The van der Waals surface area contributed by atoms with E-state index in [1.54, 1.807) is 11.1 Å². The highest BCUT2D eigenvalue weighted by molar-refractivity contribution is 5.89. The molecule has 3 aliphatic rings. The van der Waals surface area contributed by atoms with Gasteiger partial charge < -0.3 is 9.47 Å². The average molecular weight is 346 g/mol. The summed E-state index contributed by atoms with van der Waals surface area (Å²) in [5.41, 5.74) is 0.522. The van der Waals surface area contributed by atoms with Crippen molar-refractivity contribution in [3.63, 3.8) is 0 Å². The van der Waals surface area contributed by atoms with Gasteiger partial charge in [0.15, 0.2) is 5.82 Å². The van der Waals surface area contributed by atoms with E-state index in [-0.39, 0.29) is 12.1 Å². The van der Waals surface area contributed by atoms with Crippen molar-refractivity contribution in [3.05, 3.63) is 18.1 Å². The second-order valence-electron chi connectivity index (χ2n) is 7.54. The van der Waals surface area contributed by atoms with E-state index in [4.69, 9.17) is 14.5 Å². The van der Waals surface area contributed by atoms with Crippen LogP contribution in [0.5, 0.6) is 0 Å². The minimum absolute atomic E-state index is 0.281. The molecule has 1 aromatic heterocycles. The number of rotatable bonds is 3. The van der Waals surface area contributed by atoms with Crippen LogP contribution in [-0.2, 0) is 9.47 Å². The molecular weight excluding hydrogens is 320 g/mol. The molecule has 3 fully saturated rings. The summed E-state index contributed by atoms with van der Waals surface area (Å²) in [6.07, 6.45) is 6.92. The molecule has 0 N–H and O–H groups in total. The van der Waals surface area contributed by atoms with E-state index in [0.717, 1.165) is 31.5 Å². The van der Waals surface area contributed by atoms with Gasteiger partial charge in [-0.3, -0.25) is 14.8 Å². The van der Waals surface area contributed by atoms with Crippen LogP contribution >= 0.6 is 0 Å². The largest absolute Gasteiger partial charge is 0.440 e. The summed E-state index contributed by atoms with van der Waals surface area (Å²) in [6.45, 7) is 7.32. The lowest BCUT2D eigenvalue weighted by Gasteiger charge is -2.30. The van der Waals surface area contributed by atoms with Gasteiger partial charge in [0.1, 0.15) is 5.60 Å². The van der Waals surface area contributed by atoms with Gasteiger partial charge in [-0.15, -0.1) is 0 Å². The number of carbonyl (C=O) groups is 1. The molecule has 7 nitrogen and oxygen atoms in total. The van der Waals surface area contributed by atoms with Gasteiger partial charge >= 0.3 is 6.09 Å². The summed E-state index contributed by atoms with van der Waals surface area (Å²) in [5, 5.41) is 0. The average Bonchev–Trinajstić information content (AvgIpc) is 3.21. The summed E-state index contributed by atoms with van der Waals surface area (Å²) in [4.78, 5) is 25.7. The molecule has 1 atom stereocenters. The zero-order chi connectivity index (χ0) is 17.4. The molecule has 1 amide bonds. The van der Waals surface area contributed by atoms with Crippen LogP contribution in [-0.4, -0.2) is 58.9 Å². The monoisotopic (exact) mass is 346 g/mol. The number of hydrogen-bond donors (Lipinski definition) is 0. The number of amides is 1. The van der Waals surface area contributed by atoms with E-state index in [1.807, 2.05) is 6.20 Å². The Morgan fingerprint density at radius 3 is 2.84 bits per heavy atom. The smallest absolute Gasteiger partial charge is 0.416 e. The van der Waals surface area contributed by atoms with Crippen molar-refractivity contribution in [1.82, 2.24) is 14.9 Å². The molecule has 136 valence electrons. The quantitative estimate of drug-likeness (QED) is 0.838. The lowest BCUT2D eigenvalue weighted by molar-refractivity contribution is -0.0431. The maximum atomic E-state index is 12.4. The lowest BCUT2D eigenvalue weighted by atomic mass is 9.94. The van der Waals surface area contributed by atoms with Crippen molar-refractivity contribution < 1.29 is 14.3 Å². The fraction of sp³-hybridized carbons (Fsp3) is 0.722. The van der Waals surface area contributed by atoms with Crippen LogP contribution in [0.15, 0.2) is 12.4 Å². The number of anilines is 1. The van der Waals surface area contributed by atoms with Gasteiger partial charge in [-0.1, -0.05) is 0 Å². The lowest BCUT2D eigenvalue weighted by Crippen LogP contribution is -2.40. The van der Waals surface area contributed by atoms with E-state index in [9.17, 15) is 4.79 Å². The minimum atomic E-state index is -0.426. The molecular formula is C18H26N4O3. The Morgan fingerprint density at radius 2 is 2.08 bits per heavy atom. The molecule has 4 heterocycles. The molecule has 1 spiro atoms. The highest BCUT2D eigenvalue weighted by Crippen LogP contribution is 2.36. The van der Waals surface area contributed by atoms with Gasteiger partial charge in [0.2, 0.25) is 0 Å². The summed E-state index contributed by atoms with van der Waals surface area (Å²) in [7, 11) is 0. The first-order chi connectivity index (χ1) is 12.1. The van der Waals surface area contributed by atoms with Crippen molar-refractivity contribution in [2.45, 2.75) is 57.2 Å². The van der Waals surface area contributed by atoms with Crippen LogP contribution < -0.4 is 4.90 Å².